The molecular weight excluding hydrogens is 199 g/mol. The van der Waals surface area contributed by atoms with Crippen LogP contribution < -0.4 is 10.5 Å². The lowest BCUT2D eigenvalue weighted by Gasteiger charge is -2.14. The standard InChI is InChI=1S/C10H11FN2O2/c1-15-8-3-2-6(5-12)9(10(8)14)7(13)4-11/h2-3,7,14H,4,13H2,1H3/t7-/m0/s1. The van der Waals surface area contributed by atoms with Gasteiger partial charge in [-0.15, -0.1) is 0 Å². The van der Waals surface area contributed by atoms with Crippen molar-refractivity contribution in [1.29, 1.82) is 5.26 Å². The number of nitriles is 1. The van der Waals surface area contributed by atoms with Crippen molar-refractivity contribution < 1.29 is 14.2 Å². The molecule has 5 heteroatoms. The summed E-state index contributed by atoms with van der Waals surface area (Å²) in [5, 5.41) is 18.5. The molecule has 15 heavy (non-hydrogen) atoms. The molecule has 3 N–H and O–H groups in total. The third kappa shape index (κ3) is 2.00. The van der Waals surface area contributed by atoms with E-state index in [0.29, 0.717) is 0 Å². The quantitative estimate of drug-likeness (QED) is 0.786. The van der Waals surface area contributed by atoms with Crippen LogP contribution in [0.5, 0.6) is 11.5 Å². The third-order valence-corrected chi connectivity index (χ3v) is 2.06. The van der Waals surface area contributed by atoms with Gasteiger partial charge in [0, 0.05) is 5.56 Å². The molecule has 0 spiro atoms. The monoisotopic (exact) mass is 210 g/mol. The van der Waals surface area contributed by atoms with Gasteiger partial charge in [-0.25, -0.2) is 4.39 Å². The Bertz CT molecular complexity index is 401. The Morgan fingerprint density at radius 3 is 2.80 bits per heavy atom. The number of aromatic hydroxyl groups is 1. The summed E-state index contributed by atoms with van der Waals surface area (Å²) in [6, 6.07) is 3.69. The van der Waals surface area contributed by atoms with Crippen molar-refractivity contribution >= 4 is 0 Å². The number of nitrogens with two attached hydrogens (primary N) is 1. The average molecular weight is 210 g/mol. The Balaban J connectivity index is 3.37. The molecule has 0 fully saturated rings. The molecule has 1 atom stereocenters. The highest BCUT2D eigenvalue weighted by Gasteiger charge is 2.19. The Morgan fingerprint density at radius 1 is 1.67 bits per heavy atom. The SMILES string of the molecule is COc1ccc(C#N)c([C@@H](N)CF)c1O. The van der Waals surface area contributed by atoms with Crippen molar-refractivity contribution in [3.8, 4) is 17.6 Å². The third-order valence-electron chi connectivity index (χ3n) is 2.06. The molecule has 4 nitrogen and oxygen atoms in total. The van der Waals surface area contributed by atoms with Gasteiger partial charge >= 0.3 is 0 Å². The molecule has 0 aliphatic heterocycles. The molecule has 0 amide bonds. The van der Waals surface area contributed by atoms with Crippen LogP contribution in [0.15, 0.2) is 12.1 Å². The van der Waals surface area contributed by atoms with Gasteiger partial charge < -0.3 is 15.6 Å². The first-order chi connectivity index (χ1) is 7.15. The highest BCUT2D eigenvalue weighted by atomic mass is 19.1. The fourth-order valence-electron chi connectivity index (χ4n) is 1.30. The molecule has 0 saturated carbocycles. The minimum absolute atomic E-state index is 0.0827. The first-order valence-electron chi connectivity index (χ1n) is 4.27. The Kier molecular flexibility index (Phi) is 3.47. The average Bonchev–Trinajstić information content (AvgIpc) is 2.27. The van der Waals surface area contributed by atoms with Crippen molar-refractivity contribution in [3.63, 3.8) is 0 Å². The number of benzene rings is 1. The highest BCUT2D eigenvalue weighted by Crippen LogP contribution is 2.35. The maximum atomic E-state index is 12.4. The van der Waals surface area contributed by atoms with E-state index in [1.807, 2.05) is 6.07 Å². The van der Waals surface area contributed by atoms with Crippen LogP contribution in [0.1, 0.15) is 17.2 Å². The van der Waals surface area contributed by atoms with Crippen molar-refractivity contribution in [3.05, 3.63) is 23.3 Å². The molecule has 0 bridgehead atoms. The van der Waals surface area contributed by atoms with Crippen LogP contribution in [-0.4, -0.2) is 18.9 Å². The van der Waals surface area contributed by atoms with Crippen LogP contribution in [-0.2, 0) is 0 Å². The summed E-state index contributed by atoms with van der Waals surface area (Å²) >= 11 is 0. The van der Waals surface area contributed by atoms with Crippen LogP contribution >= 0.6 is 0 Å². The maximum absolute atomic E-state index is 12.4. The van der Waals surface area contributed by atoms with Crippen LogP contribution in [0.25, 0.3) is 0 Å². The molecule has 0 saturated heterocycles. The van der Waals surface area contributed by atoms with E-state index in [-0.39, 0.29) is 22.6 Å². The lowest BCUT2D eigenvalue weighted by molar-refractivity contribution is 0.362. The van der Waals surface area contributed by atoms with Gasteiger partial charge in [-0.05, 0) is 12.1 Å². The van der Waals surface area contributed by atoms with Gasteiger partial charge in [0.1, 0.15) is 6.67 Å². The normalized spacial score (nSPS) is 11.9. The van der Waals surface area contributed by atoms with Gasteiger partial charge in [-0.2, -0.15) is 5.26 Å². The second kappa shape index (κ2) is 4.62. The first-order valence-corrected chi connectivity index (χ1v) is 4.27. The van der Waals surface area contributed by atoms with Crippen LogP contribution in [0, 0.1) is 11.3 Å². The number of phenols is 1. The zero-order valence-electron chi connectivity index (χ0n) is 8.20. The summed E-state index contributed by atoms with van der Waals surface area (Å²) in [7, 11) is 1.37. The number of methoxy groups -OCH3 is 1. The minimum Gasteiger partial charge on any atom is -0.504 e. The van der Waals surface area contributed by atoms with Gasteiger partial charge in [0.15, 0.2) is 11.5 Å². The predicted molar refractivity (Wildman–Crippen MR) is 52.3 cm³/mol. The number of ether oxygens (including phenoxy) is 1. The molecular formula is C10H11FN2O2. The lowest BCUT2D eigenvalue weighted by atomic mass is 10.0. The van der Waals surface area contributed by atoms with E-state index in [9.17, 15) is 9.50 Å². The summed E-state index contributed by atoms with van der Waals surface area (Å²) in [4.78, 5) is 0. The topological polar surface area (TPSA) is 79.3 Å². The second-order valence-electron chi connectivity index (χ2n) is 2.95. The van der Waals surface area contributed by atoms with E-state index in [1.54, 1.807) is 0 Å². The molecule has 80 valence electrons. The van der Waals surface area contributed by atoms with Gasteiger partial charge in [-0.3, -0.25) is 0 Å². The molecule has 1 rings (SSSR count). The molecule has 0 radical (unpaired) electrons. The van der Waals surface area contributed by atoms with Crippen LogP contribution in [0.2, 0.25) is 0 Å². The van der Waals surface area contributed by atoms with Crippen molar-refractivity contribution in [2.75, 3.05) is 13.8 Å². The number of phenolic OH excluding ortho intramolecular Hbond substituents is 1. The predicted octanol–water partition coefficient (Wildman–Crippen LogP) is 1.24. The Labute approximate surface area is 86.7 Å². The van der Waals surface area contributed by atoms with E-state index in [1.165, 1.54) is 19.2 Å². The number of hydrogen-bond acceptors (Lipinski definition) is 4. The molecule has 0 heterocycles. The van der Waals surface area contributed by atoms with Crippen molar-refractivity contribution in [2.24, 2.45) is 5.73 Å². The number of alkyl halides is 1. The summed E-state index contributed by atoms with van der Waals surface area (Å²) in [5.41, 5.74) is 5.69. The fourth-order valence-corrected chi connectivity index (χ4v) is 1.30. The van der Waals surface area contributed by atoms with E-state index in [0.717, 1.165) is 0 Å². The number of hydrogen-bond donors (Lipinski definition) is 2. The van der Waals surface area contributed by atoms with Gasteiger partial charge in [-0.1, -0.05) is 0 Å². The van der Waals surface area contributed by atoms with Gasteiger partial charge in [0.05, 0.1) is 24.8 Å². The first kappa shape index (κ1) is 11.3. The van der Waals surface area contributed by atoms with Gasteiger partial charge in [0.25, 0.3) is 0 Å². The van der Waals surface area contributed by atoms with E-state index >= 15 is 0 Å². The van der Waals surface area contributed by atoms with E-state index < -0.39 is 12.7 Å². The zero-order chi connectivity index (χ0) is 11.4. The molecule has 0 unspecified atom stereocenters. The van der Waals surface area contributed by atoms with Gasteiger partial charge in [0.2, 0.25) is 0 Å². The van der Waals surface area contributed by atoms with Crippen molar-refractivity contribution in [2.45, 2.75) is 6.04 Å². The largest absolute Gasteiger partial charge is 0.504 e. The number of halogens is 1. The molecule has 0 aliphatic carbocycles. The van der Waals surface area contributed by atoms with E-state index in [4.69, 9.17) is 15.7 Å². The fraction of sp³-hybridized carbons (Fsp3) is 0.300. The van der Waals surface area contributed by atoms with Crippen LogP contribution in [0.4, 0.5) is 4.39 Å². The molecule has 0 aromatic heterocycles. The Hall–Kier alpha value is -1.80. The molecule has 1 aromatic rings. The van der Waals surface area contributed by atoms with E-state index in [2.05, 4.69) is 0 Å². The molecule has 1 aromatic carbocycles. The maximum Gasteiger partial charge on any atom is 0.163 e. The lowest BCUT2D eigenvalue weighted by Crippen LogP contribution is -2.14. The smallest absolute Gasteiger partial charge is 0.163 e. The second-order valence-corrected chi connectivity index (χ2v) is 2.95. The summed E-state index contributed by atoms with van der Waals surface area (Å²) in [6.07, 6.45) is 0. The minimum atomic E-state index is -1.02. The zero-order valence-corrected chi connectivity index (χ0v) is 8.20. The molecule has 0 aliphatic rings. The number of rotatable bonds is 3. The summed E-state index contributed by atoms with van der Waals surface area (Å²) in [6.45, 7) is -0.852. The summed E-state index contributed by atoms with van der Waals surface area (Å²) < 4.78 is 17.3. The summed E-state index contributed by atoms with van der Waals surface area (Å²) in [5.74, 6) is -0.102. The number of nitrogens with zero attached hydrogens (tertiary/aromatic N) is 1. The Morgan fingerprint density at radius 2 is 2.33 bits per heavy atom. The highest BCUT2D eigenvalue weighted by molar-refractivity contribution is 5.55. The van der Waals surface area contributed by atoms with Crippen LogP contribution in [0.3, 0.4) is 0 Å². The van der Waals surface area contributed by atoms with Crippen molar-refractivity contribution in [1.82, 2.24) is 0 Å².